The Morgan fingerprint density at radius 3 is 2.30 bits per heavy atom. The highest BCUT2D eigenvalue weighted by Gasteiger charge is 2.25. The molecule has 8 heteroatoms. The van der Waals surface area contributed by atoms with E-state index in [2.05, 4.69) is 10.1 Å². The van der Waals surface area contributed by atoms with Crippen LogP contribution in [0.1, 0.15) is 23.6 Å². The topological polar surface area (TPSA) is 81.4 Å². The van der Waals surface area contributed by atoms with Gasteiger partial charge in [-0.1, -0.05) is 30.3 Å². The number of esters is 1. The predicted molar refractivity (Wildman–Crippen MR) is 92.0 cm³/mol. The van der Waals surface area contributed by atoms with Gasteiger partial charge >= 0.3 is 5.97 Å². The van der Waals surface area contributed by atoms with Gasteiger partial charge in [-0.3, -0.25) is 14.9 Å². The highest BCUT2D eigenvalue weighted by molar-refractivity contribution is 5.81. The number of ether oxygens (including phenoxy) is 1. The average molecular weight is 380 g/mol. The summed E-state index contributed by atoms with van der Waals surface area (Å²) in [6, 6.07) is 7.87. The molecular weight excluding hydrogens is 361 g/mol. The number of methoxy groups -OCH3 is 1. The number of hydrogen-bond donors (Lipinski definition) is 2. The third-order valence-electron chi connectivity index (χ3n) is 4.02. The van der Waals surface area contributed by atoms with Gasteiger partial charge in [0.15, 0.2) is 11.6 Å². The normalized spacial score (nSPS) is 13.0. The lowest BCUT2D eigenvalue weighted by Crippen LogP contribution is -2.42. The monoisotopic (exact) mass is 380 g/mol. The Labute approximate surface area is 154 Å². The highest BCUT2D eigenvalue weighted by atomic mass is 19.2. The molecule has 0 radical (unpaired) electrons. The van der Waals surface area contributed by atoms with Crippen LogP contribution in [0.2, 0.25) is 0 Å². The number of primary amides is 1. The summed E-state index contributed by atoms with van der Waals surface area (Å²) >= 11 is 0. The molecule has 0 spiro atoms. The van der Waals surface area contributed by atoms with Gasteiger partial charge in [-0.15, -0.1) is 0 Å². The van der Waals surface area contributed by atoms with E-state index in [-0.39, 0.29) is 18.4 Å². The predicted octanol–water partition coefficient (Wildman–Crippen LogP) is 2.39. The Hall–Kier alpha value is -2.87. The van der Waals surface area contributed by atoms with Crippen LogP contribution in [0.4, 0.5) is 13.2 Å². The van der Waals surface area contributed by atoms with E-state index in [0.29, 0.717) is 11.6 Å². The summed E-state index contributed by atoms with van der Waals surface area (Å²) in [5.41, 5.74) is 5.85. The molecule has 3 N–H and O–H groups in total. The summed E-state index contributed by atoms with van der Waals surface area (Å²) < 4.78 is 45.2. The van der Waals surface area contributed by atoms with Gasteiger partial charge in [-0.2, -0.15) is 0 Å². The van der Waals surface area contributed by atoms with Crippen LogP contribution >= 0.6 is 0 Å². The maximum atomic E-state index is 14.0. The number of benzene rings is 2. The van der Waals surface area contributed by atoms with E-state index in [4.69, 9.17) is 5.73 Å². The van der Waals surface area contributed by atoms with E-state index in [1.165, 1.54) is 7.11 Å². The number of amides is 1. The van der Waals surface area contributed by atoms with Crippen LogP contribution < -0.4 is 11.1 Å². The van der Waals surface area contributed by atoms with Crippen LogP contribution in [0, 0.1) is 17.5 Å². The summed E-state index contributed by atoms with van der Waals surface area (Å²) in [7, 11) is 1.18. The van der Waals surface area contributed by atoms with Crippen molar-refractivity contribution in [3.05, 3.63) is 71.0 Å². The molecule has 2 atom stereocenters. The molecule has 0 aromatic heterocycles. The maximum Gasteiger partial charge on any atom is 0.307 e. The quantitative estimate of drug-likeness (QED) is 0.544. The second-order valence-corrected chi connectivity index (χ2v) is 5.95. The highest BCUT2D eigenvalue weighted by Crippen LogP contribution is 2.19. The largest absolute Gasteiger partial charge is 0.469 e. The van der Waals surface area contributed by atoms with Crippen LogP contribution in [0.15, 0.2) is 42.5 Å². The van der Waals surface area contributed by atoms with Gasteiger partial charge in [0.2, 0.25) is 5.91 Å². The van der Waals surface area contributed by atoms with E-state index in [1.54, 1.807) is 30.3 Å². The molecule has 144 valence electrons. The van der Waals surface area contributed by atoms with Gasteiger partial charge in [0, 0.05) is 12.1 Å². The van der Waals surface area contributed by atoms with E-state index >= 15 is 0 Å². The Morgan fingerprint density at radius 2 is 1.70 bits per heavy atom. The van der Waals surface area contributed by atoms with Crippen LogP contribution in [0.25, 0.3) is 0 Å². The minimum absolute atomic E-state index is 0.147. The summed E-state index contributed by atoms with van der Waals surface area (Å²) in [5.74, 6) is -4.81. The number of carbonyl (C=O) groups excluding carboxylic acids is 2. The van der Waals surface area contributed by atoms with Gasteiger partial charge in [-0.05, 0) is 23.6 Å². The first kappa shape index (κ1) is 20.4. The van der Waals surface area contributed by atoms with Crippen LogP contribution in [0.3, 0.4) is 0 Å². The second-order valence-electron chi connectivity index (χ2n) is 5.95. The van der Waals surface area contributed by atoms with E-state index in [0.717, 1.165) is 6.07 Å². The molecule has 2 aromatic rings. The number of hydrogen-bond acceptors (Lipinski definition) is 4. The summed E-state index contributed by atoms with van der Waals surface area (Å²) in [6.07, 6.45) is -0.416. The number of nitrogens with two attached hydrogens (primary N) is 1. The van der Waals surface area contributed by atoms with Crippen molar-refractivity contribution in [1.82, 2.24) is 5.32 Å². The van der Waals surface area contributed by atoms with Crippen molar-refractivity contribution in [2.75, 3.05) is 7.11 Å². The standard InChI is InChI=1S/C19H19F3N2O3/c1-27-17(25)9-13(7-12-8-15(21)16(22)10-14(12)20)24-18(19(23)26)11-5-3-2-4-6-11/h2-6,8,10,13,18,24H,7,9H2,1H3,(H2,23,26)/t13-,18+/m1/s1. The number of halogens is 3. The fourth-order valence-corrected chi connectivity index (χ4v) is 2.68. The lowest BCUT2D eigenvalue weighted by Gasteiger charge is -2.24. The molecular formula is C19H19F3N2O3. The molecule has 0 aliphatic rings. The van der Waals surface area contributed by atoms with Crippen LogP contribution in [-0.2, 0) is 20.7 Å². The SMILES string of the molecule is COC(=O)C[C@@H](Cc1cc(F)c(F)cc1F)N[C@H](C(N)=O)c1ccccc1. The van der Waals surface area contributed by atoms with Crippen LogP contribution in [0.5, 0.6) is 0 Å². The summed E-state index contributed by atoms with van der Waals surface area (Å²) in [4.78, 5) is 23.6. The first-order chi connectivity index (χ1) is 12.8. The minimum Gasteiger partial charge on any atom is -0.469 e. The molecule has 0 unspecified atom stereocenters. The zero-order chi connectivity index (χ0) is 20.0. The summed E-state index contributed by atoms with van der Waals surface area (Å²) in [5, 5.41) is 2.89. The maximum absolute atomic E-state index is 14.0. The van der Waals surface area contributed by atoms with Crippen molar-refractivity contribution in [2.45, 2.75) is 24.9 Å². The number of nitrogens with one attached hydrogen (secondary N) is 1. The fraction of sp³-hybridized carbons (Fsp3) is 0.263. The molecule has 0 saturated carbocycles. The van der Waals surface area contributed by atoms with Crippen molar-refractivity contribution in [2.24, 2.45) is 5.73 Å². The molecule has 2 rings (SSSR count). The van der Waals surface area contributed by atoms with Gasteiger partial charge in [-0.25, -0.2) is 13.2 Å². The summed E-state index contributed by atoms with van der Waals surface area (Å²) in [6.45, 7) is 0. The van der Waals surface area contributed by atoms with E-state index in [9.17, 15) is 22.8 Å². The molecule has 5 nitrogen and oxygen atoms in total. The van der Waals surface area contributed by atoms with Crippen molar-refractivity contribution < 1.29 is 27.5 Å². The zero-order valence-corrected chi connectivity index (χ0v) is 14.5. The van der Waals surface area contributed by atoms with Gasteiger partial charge in [0.1, 0.15) is 11.9 Å². The van der Waals surface area contributed by atoms with Gasteiger partial charge in [0.05, 0.1) is 13.5 Å². The Kier molecular flexibility index (Phi) is 6.95. The first-order valence-electron chi connectivity index (χ1n) is 8.12. The van der Waals surface area contributed by atoms with E-state index < -0.39 is 41.4 Å². The lowest BCUT2D eigenvalue weighted by atomic mass is 9.99. The molecule has 2 aromatic carbocycles. The molecule has 27 heavy (non-hydrogen) atoms. The third-order valence-corrected chi connectivity index (χ3v) is 4.02. The Bertz CT molecular complexity index is 815. The number of carbonyl (C=O) groups is 2. The van der Waals surface area contributed by atoms with Crippen molar-refractivity contribution in [3.8, 4) is 0 Å². The first-order valence-corrected chi connectivity index (χ1v) is 8.12. The lowest BCUT2D eigenvalue weighted by molar-refractivity contribution is -0.141. The van der Waals surface area contributed by atoms with E-state index in [1.807, 2.05) is 0 Å². The smallest absolute Gasteiger partial charge is 0.307 e. The van der Waals surface area contributed by atoms with Crippen LogP contribution in [-0.4, -0.2) is 25.0 Å². The van der Waals surface area contributed by atoms with Crippen molar-refractivity contribution >= 4 is 11.9 Å². The average Bonchev–Trinajstić information content (AvgIpc) is 2.64. The Morgan fingerprint density at radius 1 is 1.07 bits per heavy atom. The van der Waals surface area contributed by atoms with Crippen molar-refractivity contribution in [3.63, 3.8) is 0 Å². The third kappa shape index (κ3) is 5.55. The molecule has 0 aliphatic carbocycles. The van der Waals surface area contributed by atoms with Gasteiger partial charge < -0.3 is 10.5 Å². The molecule has 0 fully saturated rings. The van der Waals surface area contributed by atoms with Gasteiger partial charge in [0.25, 0.3) is 0 Å². The minimum atomic E-state index is -1.31. The molecule has 0 aliphatic heterocycles. The molecule has 0 heterocycles. The molecule has 0 bridgehead atoms. The second kappa shape index (κ2) is 9.18. The molecule has 1 amide bonds. The number of rotatable bonds is 8. The molecule has 0 saturated heterocycles. The zero-order valence-electron chi connectivity index (χ0n) is 14.5. The Balaban J connectivity index is 2.29. The fourth-order valence-electron chi connectivity index (χ4n) is 2.68. The van der Waals surface area contributed by atoms with Crippen molar-refractivity contribution in [1.29, 1.82) is 0 Å².